The number of rotatable bonds is 8. The highest BCUT2D eigenvalue weighted by Crippen LogP contribution is 2.13. The number of anilines is 1. The monoisotopic (exact) mass is 406 g/mol. The molecule has 3 rings (SSSR count). The molecule has 0 bridgehead atoms. The fraction of sp³-hybridized carbons (Fsp3) is 0.174. The predicted molar refractivity (Wildman–Crippen MR) is 110 cm³/mol. The van der Waals surface area contributed by atoms with Gasteiger partial charge >= 0.3 is 5.97 Å². The van der Waals surface area contributed by atoms with Crippen molar-refractivity contribution in [3.63, 3.8) is 0 Å². The molecule has 0 saturated carbocycles. The molecule has 3 aromatic rings. The maximum atomic E-state index is 12.7. The molecule has 0 unspecified atom stereocenters. The summed E-state index contributed by atoms with van der Waals surface area (Å²) in [5.41, 5.74) is 1.82. The summed E-state index contributed by atoms with van der Waals surface area (Å²) >= 11 is 0. The van der Waals surface area contributed by atoms with Crippen molar-refractivity contribution >= 4 is 23.5 Å². The number of carbonyl (C=O) groups excluding carboxylic acids is 3. The summed E-state index contributed by atoms with van der Waals surface area (Å²) < 4.78 is 10.6. The molecule has 0 aliphatic rings. The van der Waals surface area contributed by atoms with Crippen molar-refractivity contribution in [3.05, 3.63) is 89.9 Å². The zero-order valence-electron chi connectivity index (χ0n) is 16.5. The lowest BCUT2D eigenvalue weighted by molar-refractivity contribution is -0.136. The number of hydrogen-bond donors (Lipinski definition) is 1. The van der Waals surface area contributed by atoms with E-state index >= 15 is 0 Å². The van der Waals surface area contributed by atoms with Gasteiger partial charge in [0.05, 0.1) is 18.4 Å². The number of furan rings is 1. The van der Waals surface area contributed by atoms with E-state index in [1.54, 1.807) is 35.4 Å². The van der Waals surface area contributed by atoms with Gasteiger partial charge in [0.2, 0.25) is 5.91 Å². The molecule has 0 aliphatic heterocycles. The number of benzene rings is 2. The quantitative estimate of drug-likeness (QED) is 0.577. The van der Waals surface area contributed by atoms with Crippen LogP contribution in [-0.4, -0.2) is 29.3 Å². The summed E-state index contributed by atoms with van der Waals surface area (Å²) in [7, 11) is 0. The highest BCUT2D eigenvalue weighted by molar-refractivity contribution is 5.93. The van der Waals surface area contributed by atoms with Crippen molar-refractivity contribution in [3.8, 4) is 0 Å². The largest absolute Gasteiger partial charge is 0.467 e. The van der Waals surface area contributed by atoms with E-state index in [9.17, 15) is 14.4 Å². The standard InChI is InChI=1S/C23H22N2O5/c1-17(26)24-20-11-9-19(10-12-20)23(28)30-16-22(27)25(15-21-8-5-13-29-21)14-18-6-3-2-4-7-18/h2-13H,14-16H2,1H3,(H,24,26). The molecule has 7 heteroatoms. The predicted octanol–water partition coefficient (Wildman–Crippen LogP) is 3.62. The number of amides is 2. The molecule has 30 heavy (non-hydrogen) atoms. The molecule has 154 valence electrons. The molecule has 2 amide bonds. The SMILES string of the molecule is CC(=O)Nc1ccc(C(=O)OCC(=O)N(Cc2ccccc2)Cc2ccco2)cc1. The second-order valence-corrected chi connectivity index (χ2v) is 6.65. The molecule has 0 atom stereocenters. The van der Waals surface area contributed by atoms with E-state index < -0.39 is 5.97 Å². The van der Waals surface area contributed by atoms with Gasteiger partial charge in [-0.05, 0) is 42.0 Å². The van der Waals surface area contributed by atoms with E-state index in [2.05, 4.69) is 5.32 Å². The Morgan fingerprint density at radius 3 is 2.30 bits per heavy atom. The van der Waals surface area contributed by atoms with Crippen molar-refractivity contribution in [1.82, 2.24) is 4.90 Å². The third-order valence-corrected chi connectivity index (χ3v) is 4.26. The van der Waals surface area contributed by atoms with E-state index in [1.165, 1.54) is 19.1 Å². The van der Waals surface area contributed by atoms with Crippen LogP contribution in [0.25, 0.3) is 0 Å². The fourth-order valence-electron chi connectivity index (χ4n) is 2.82. The second-order valence-electron chi connectivity index (χ2n) is 6.65. The molecule has 0 spiro atoms. The zero-order chi connectivity index (χ0) is 21.3. The maximum Gasteiger partial charge on any atom is 0.338 e. The molecule has 0 fully saturated rings. The van der Waals surface area contributed by atoms with Crippen LogP contribution >= 0.6 is 0 Å². The van der Waals surface area contributed by atoms with Gasteiger partial charge in [-0.2, -0.15) is 0 Å². The average Bonchev–Trinajstić information content (AvgIpc) is 3.25. The normalized spacial score (nSPS) is 10.3. The number of esters is 1. The van der Waals surface area contributed by atoms with Gasteiger partial charge in [-0.3, -0.25) is 9.59 Å². The Hall–Kier alpha value is -3.87. The van der Waals surface area contributed by atoms with Gasteiger partial charge in [-0.15, -0.1) is 0 Å². The highest BCUT2D eigenvalue weighted by Gasteiger charge is 2.18. The van der Waals surface area contributed by atoms with Gasteiger partial charge in [-0.25, -0.2) is 4.79 Å². The Bertz CT molecular complexity index is 982. The lowest BCUT2D eigenvalue weighted by atomic mass is 10.2. The van der Waals surface area contributed by atoms with E-state index in [0.29, 0.717) is 18.0 Å². The molecule has 0 radical (unpaired) electrons. The maximum absolute atomic E-state index is 12.7. The molecule has 0 saturated heterocycles. The number of nitrogens with zero attached hydrogens (tertiary/aromatic N) is 1. The molecule has 0 aliphatic carbocycles. The minimum absolute atomic E-state index is 0.203. The van der Waals surface area contributed by atoms with Crippen LogP contribution < -0.4 is 5.32 Å². The molecule has 7 nitrogen and oxygen atoms in total. The molecular weight excluding hydrogens is 384 g/mol. The van der Waals surface area contributed by atoms with Crippen molar-refractivity contribution in [1.29, 1.82) is 0 Å². The van der Waals surface area contributed by atoms with Crippen molar-refractivity contribution in [2.45, 2.75) is 20.0 Å². The van der Waals surface area contributed by atoms with Crippen LogP contribution in [0.5, 0.6) is 0 Å². The van der Waals surface area contributed by atoms with Crippen molar-refractivity contribution in [2.24, 2.45) is 0 Å². The van der Waals surface area contributed by atoms with E-state index in [0.717, 1.165) is 5.56 Å². The summed E-state index contributed by atoms with van der Waals surface area (Å²) in [6.07, 6.45) is 1.55. The summed E-state index contributed by atoms with van der Waals surface area (Å²) in [4.78, 5) is 37.7. The third-order valence-electron chi connectivity index (χ3n) is 4.26. The average molecular weight is 406 g/mol. The van der Waals surface area contributed by atoms with Gasteiger partial charge in [0.1, 0.15) is 5.76 Å². The molecule has 1 aromatic heterocycles. The molecule has 2 aromatic carbocycles. The Morgan fingerprint density at radius 1 is 0.933 bits per heavy atom. The van der Waals surface area contributed by atoms with E-state index in [1.807, 2.05) is 30.3 Å². The number of nitrogens with one attached hydrogen (secondary N) is 1. The number of hydrogen-bond acceptors (Lipinski definition) is 5. The van der Waals surface area contributed by atoms with Gasteiger partial charge < -0.3 is 19.4 Å². The molecule has 1 heterocycles. The van der Waals surface area contributed by atoms with Gasteiger partial charge in [0.15, 0.2) is 6.61 Å². The van der Waals surface area contributed by atoms with Gasteiger partial charge in [0.25, 0.3) is 5.91 Å². The van der Waals surface area contributed by atoms with Gasteiger partial charge in [-0.1, -0.05) is 30.3 Å². The summed E-state index contributed by atoms with van der Waals surface area (Å²) in [6.45, 7) is 1.64. The molecular formula is C23H22N2O5. The van der Waals surface area contributed by atoms with Crippen LogP contribution in [-0.2, 0) is 27.4 Å². The highest BCUT2D eigenvalue weighted by atomic mass is 16.5. The minimum atomic E-state index is -0.615. The van der Waals surface area contributed by atoms with Crippen LogP contribution in [0.2, 0.25) is 0 Å². The minimum Gasteiger partial charge on any atom is -0.467 e. The Labute approximate surface area is 174 Å². The smallest absolute Gasteiger partial charge is 0.338 e. The number of carbonyl (C=O) groups is 3. The summed E-state index contributed by atoms with van der Waals surface area (Å²) in [5, 5.41) is 2.62. The van der Waals surface area contributed by atoms with Crippen LogP contribution in [0.15, 0.2) is 77.4 Å². The van der Waals surface area contributed by atoms with Crippen molar-refractivity contribution < 1.29 is 23.5 Å². The second kappa shape index (κ2) is 10.1. The zero-order valence-corrected chi connectivity index (χ0v) is 16.5. The Kier molecular flexibility index (Phi) is 7.00. The Morgan fingerprint density at radius 2 is 1.67 bits per heavy atom. The van der Waals surface area contributed by atoms with E-state index in [4.69, 9.17) is 9.15 Å². The lowest BCUT2D eigenvalue weighted by Crippen LogP contribution is -2.33. The molecule has 1 N–H and O–H groups in total. The first-order valence-electron chi connectivity index (χ1n) is 9.40. The van der Waals surface area contributed by atoms with Crippen LogP contribution in [0.1, 0.15) is 28.6 Å². The van der Waals surface area contributed by atoms with Crippen LogP contribution in [0, 0.1) is 0 Å². The topological polar surface area (TPSA) is 88.8 Å². The first-order chi connectivity index (χ1) is 14.5. The first-order valence-corrected chi connectivity index (χ1v) is 9.40. The Balaban J connectivity index is 1.61. The number of ether oxygens (including phenoxy) is 1. The van der Waals surface area contributed by atoms with Crippen LogP contribution in [0.4, 0.5) is 5.69 Å². The van der Waals surface area contributed by atoms with E-state index in [-0.39, 0.29) is 30.5 Å². The van der Waals surface area contributed by atoms with Gasteiger partial charge in [0, 0.05) is 19.2 Å². The summed E-state index contributed by atoms with van der Waals surface area (Å²) in [5.74, 6) is -0.515. The first kappa shape index (κ1) is 20.9. The van der Waals surface area contributed by atoms with Crippen molar-refractivity contribution in [2.75, 3.05) is 11.9 Å². The summed E-state index contributed by atoms with van der Waals surface area (Å²) in [6, 6.07) is 19.3. The fourth-order valence-corrected chi connectivity index (χ4v) is 2.82. The lowest BCUT2D eigenvalue weighted by Gasteiger charge is -2.21. The third kappa shape index (κ3) is 6.07. The van der Waals surface area contributed by atoms with Crippen LogP contribution in [0.3, 0.4) is 0 Å².